The summed E-state index contributed by atoms with van der Waals surface area (Å²) in [7, 11) is 0. The molecule has 0 radical (unpaired) electrons. The highest BCUT2D eigenvalue weighted by Crippen LogP contribution is 2.33. The van der Waals surface area contributed by atoms with Gasteiger partial charge in [-0.2, -0.15) is 0 Å². The molecule has 3 heterocycles. The van der Waals surface area contributed by atoms with E-state index in [1.54, 1.807) is 6.92 Å². The molecule has 3 aliphatic rings. The maximum Gasteiger partial charge on any atom is 0.316 e. The molecule has 3 fully saturated rings. The second kappa shape index (κ2) is 7.96. The molecular formula is C19H22N2O6. The lowest BCUT2D eigenvalue weighted by atomic mass is 9.78. The summed E-state index contributed by atoms with van der Waals surface area (Å²) in [4.78, 5) is 50.2. The molecule has 144 valence electrons. The summed E-state index contributed by atoms with van der Waals surface area (Å²) in [6.45, 7) is 3.38. The molecule has 1 aromatic carbocycles. The first-order chi connectivity index (χ1) is 12.9. The van der Waals surface area contributed by atoms with Gasteiger partial charge in [-0.25, -0.2) is 0 Å². The lowest BCUT2D eigenvalue weighted by Gasteiger charge is -2.44. The minimum atomic E-state index is -1.10. The van der Waals surface area contributed by atoms with Crippen LogP contribution in [-0.4, -0.2) is 53.1 Å². The highest BCUT2D eigenvalue weighted by Gasteiger charge is 2.44. The number of hydrogen-bond donors (Lipinski definition) is 0. The van der Waals surface area contributed by atoms with Crippen molar-refractivity contribution in [2.75, 3.05) is 19.7 Å². The minimum absolute atomic E-state index is 0.0114. The Morgan fingerprint density at radius 2 is 1.89 bits per heavy atom. The summed E-state index contributed by atoms with van der Waals surface area (Å²) in [5, 5.41) is 10.8. The predicted molar refractivity (Wildman–Crippen MR) is 95.3 cm³/mol. The number of Topliss-reactive ketones (excluding diaryl/α,β-unsaturated/α-hetero) is 2. The molecule has 2 atom stereocenters. The molecule has 3 aliphatic heterocycles. The van der Waals surface area contributed by atoms with E-state index < -0.39 is 28.6 Å². The van der Waals surface area contributed by atoms with Gasteiger partial charge in [0.2, 0.25) is 0 Å². The average Bonchev–Trinajstić information content (AvgIpc) is 2.68. The number of nitro benzene ring substituents is 1. The van der Waals surface area contributed by atoms with Crippen molar-refractivity contribution in [3.8, 4) is 0 Å². The first kappa shape index (κ1) is 19.2. The summed E-state index contributed by atoms with van der Waals surface area (Å²) >= 11 is 0. The normalized spacial score (nSPS) is 25.1. The number of ether oxygens (including phenoxy) is 1. The Morgan fingerprint density at radius 3 is 2.41 bits per heavy atom. The third-order valence-corrected chi connectivity index (χ3v) is 5.41. The monoisotopic (exact) mass is 374 g/mol. The number of benzene rings is 1. The Kier molecular flexibility index (Phi) is 5.65. The van der Waals surface area contributed by atoms with E-state index in [1.165, 1.54) is 24.3 Å². The molecule has 8 nitrogen and oxygen atoms in total. The van der Waals surface area contributed by atoms with Crippen molar-refractivity contribution >= 4 is 23.2 Å². The van der Waals surface area contributed by atoms with Crippen molar-refractivity contribution in [2.45, 2.75) is 32.2 Å². The Labute approximate surface area is 156 Å². The fourth-order valence-electron chi connectivity index (χ4n) is 3.94. The molecule has 0 saturated carbocycles. The van der Waals surface area contributed by atoms with Crippen molar-refractivity contribution < 1.29 is 24.0 Å². The Hall–Kier alpha value is -2.61. The van der Waals surface area contributed by atoms with Crippen LogP contribution in [0, 0.1) is 22.0 Å². The number of carbonyl (C=O) groups excluding carboxylic acids is 3. The molecule has 0 aliphatic carbocycles. The fourth-order valence-corrected chi connectivity index (χ4v) is 3.94. The summed E-state index contributed by atoms with van der Waals surface area (Å²) in [6.07, 6.45) is 1.75. The molecule has 0 N–H and O–H groups in total. The van der Waals surface area contributed by atoms with E-state index in [-0.39, 0.29) is 36.0 Å². The number of hydrogen-bond acceptors (Lipinski definition) is 7. The maximum absolute atomic E-state index is 12.9. The summed E-state index contributed by atoms with van der Waals surface area (Å²) in [5.41, 5.74) is 0.0622. The number of fused-ring (bicyclic) bond motifs is 3. The zero-order chi connectivity index (χ0) is 19.6. The van der Waals surface area contributed by atoms with E-state index in [1.807, 2.05) is 4.90 Å². The van der Waals surface area contributed by atoms with Crippen molar-refractivity contribution in [1.29, 1.82) is 0 Å². The molecule has 0 aromatic heterocycles. The molecule has 8 heteroatoms. The topological polar surface area (TPSA) is 107 Å². The lowest BCUT2D eigenvalue weighted by Crippen LogP contribution is -2.56. The summed E-state index contributed by atoms with van der Waals surface area (Å²) in [6, 6.07) is 4.68. The van der Waals surface area contributed by atoms with Gasteiger partial charge in [0, 0.05) is 23.6 Å². The fraction of sp³-hybridized carbons (Fsp3) is 0.526. The molecule has 4 rings (SSSR count). The van der Waals surface area contributed by atoms with Crippen LogP contribution in [0.15, 0.2) is 24.3 Å². The van der Waals surface area contributed by atoms with Crippen molar-refractivity contribution in [3.63, 3.8) is 0 Å². The van der Waals surface area contributed by atoms with Gasteiger partial charge in [0.15, 0.2) is 11.6 Å². The largest absolute Gasteiger partial charge is 0.465 e. The molecule has 2 unspecified atom stereocenters. The van der Waals surface area contributed by atoms with Gasteiger partial charge in [-0.1, -0.05) is 0 Å². The molecule has 0 amide bonds. The first-order valence-corrected chi connectivity index (χ1v) is 9.15. The van der Waals surface area contributed by atoms with Gasteiger partial charge in [0.1, 0.15) is 5.92 Å². The van der Waals surface area contributed by atoms with E-state index in [0.29, 0.717) is 0 Å². The number of carbonyl (C=O) groups is 3. The van der Waals surface area contributed by atoms with Gasteiger partial charge in [-0.15, -0.1) is 0 Å². The molecular weight excluding hydrogens is 352 g/mol. The minimum Gasteiger partial charge on any atom is -0.465 e. The van der Waals surface area contributed by atoms with Crippen LogP contribution in [0.25, 0.3) is 0 Å². The molecule has 3 saturated heterocycles. The van der Waals surface area contributed by atoms with Crippen LogP contribution >= 0.6 is 0 Å². The third kappa shape index (κ3) is 3.90. The second-order valence-corrected chi connectivity index (χ2v) is 6.94. The van der Waals surface area contributed by atoms with Gasteiger partial charge in [-0.3, -0.25) is 29.4 Å². The van der Waals surface area contributed by atoms with Crippen molar-refractivity contribution in [3.05, 3.63) is 39.9 Å². The predicted octanol–water partition coefficient (Wildman–Crippen LogP) is 2.01. The van der Waals surface area contributed by atoms with Gasteiger partial charge < -0.3 is 4.74 Å². The van der Waals surface area contributed by atoms with E-state index in [2.05, 4.69) is 0 Å². The van der Waals surface area contributed by atoms with Gasteiger partial charge in [0.05, 0.1) is 17.6 Å². The maximum atomic E-state index is 12.9. The van der Waals surface area contributed by atoms with Crippen LogP contribution in [0.3, 0.4) is 0 Å². The standard InChI is InChI=1S/C19H22N2O6/c1-2-27-19(24)15(11-16-18(23)13-7-9-20(16)10-8-13)17(22)12-3-5-14(6-4-12)21(25)26/h3-6,13,15-16H,2,7-11H2,1H3. The number of ketones is 2. The van der Waals surface area contributed by atoms with Gasteiger partial charge in [-0.05, 0) is 51.4 Å². The number of nitrogens with zero attached hydrogens (tertiary/aromatic N) is 2. The SMILES string of the molecule is CCOC(=O)C(CC1C(=O)C2CCN1CC2)C(=O)c1ccc([N+](=O)[O-])cc1. The Bertz CT molecular complexity index is 752. The smallest absolute Gasteiger partial charge is 0.316 e. The van der Waals surface area contributed by atoms with E-state index in [4.69, 9.17) is 4.74 Å². The van der Waals surface area contributed by atoms with E-state index >= 15 is 0 Å². The highest BCUT2D eigenvalue weighted by molar-refractivity contribution is 6.09. The van der Waals surface area contributed by atoms with Crippen LogP contribution in [0.2, 0.25) is 0 Å². The molecule has 0 spiro atoms. The number of esters is 1. The number of non-ortho nitro benzene ring substituents is 1. The first-order valence-electron chi connectivity index (χ1n) is 9.15. The van der Waals surface area contributed by atoms with Crippen LogP contribution in [0.4, 0.5) is 5.69 Å². The molecule has 2 bridgehead atoms. The third-order valence-electron chi connectivity index (χ3n) is 5.41. The van der Waals surface area contributed by atoms with Crippen molar-refractivity contribution in [1.82, 2.24) is 4.90 Å². The number of piperidine rings is 3. The van der Waals surface area contributed by atoms with Gasteiger partial charge >= 0.3 is 5.97 Å². The second-order valence-electron chi connectivity index (χ2n) is 6.94. The summed E-state index contributed by atoms with van der Waals surface area (Å²) < 4.78 is 5.07. The Balaban J connectivity index is 1.82. The zero-order valence-corrected chi connectivity index (χ0v) is 15.1. The Morgan fingerprint density at radius 1 is 1.26 bits per heavy atom. The average molecular weight is 374 g/mol. The van der Waals surface area contributed by atoms with Crippen molar-refractivity contribution in [2.24, 2.45) is 11.8 Å². The van der Waals surface area contributed by atoms with E-state index in [0.717, 1.165) is 25.9 Å². The van der Waals surface area contributed by atoms with E-state index in [9.17, 15) is 24.5 Å². The molecule has 27 heavy (non-hydrogen) atoms. The highest BCUT2D eigenvalue weighted by atomic mass is 16.6. The summed E-state index contributed by atoms with van der Waals surface area (Å²) in [5.74, 6) is -2.12. The molecule has 1 aromatic rings. The lowest BCUT2D eigenvalue weighted by molar-refractivity contribution is -0.384. The quantitative estimate of drug-likeness (QED) is 0.236. The van der Waals surface area contributed by atoms with Crippen LogP contribution in [0.5, 0.6) is 0 Å². The zero-order valence-electron chi connectivity index (χ0n) is 15.1. The van der Waals surface area contributed by atoms with Gasteiger partial charge in [0.25, 0.3) is 5.69 Å². The van der Waals surface area contributed by atoms with Crippen LogP contribution in [0.1, 0.15) is 36.5 Å². The number of rotatable bonds is 7. The van der Waals surface area contributed by atoms with Crippen LogP contribution in [-0.2, 0) is 14.3 Å². The number of nitro groups is 1. The van der Waals surface area contributed by atoms with Crippen LogP contribution < -0.4 is 0 Å².